The van der Waals surface area contributed by atoms with E-state index >= 15 is 0 Å². The molecule has 0 bridgehead atoms. The topological polar surface area (TPSA) is 90.7 Å². The summed E-state index contributed by atoms with van der Waals surface area (Å²) in [5.74, 6) is 0.303. The average molecular weight is 300 g/mol. The highest BCUT2D eigenvalue weighted by Gasteiger charge is 2.25. The maximum absolute atomic E-state index is 12.4. The van der Waals surface area contributed by atoms with E-state index in [1.54, 1.807) is 12.1 Å². The fraction of sp³-hybridized carbons (Fsp3) is 0.538. The number of methoxy groups -OCH3 is 1. The standard InChI is InChI=1S/C13H20N2O4S/c1-18-12-7-10(8-14)4-5-13(12)20(16,17)15-11-3-2-6-19-9-11/h4-5,7,11,15H,2-3,6,8-9,14H2,1H3. The summed E-state index contributed by atoms with van der Waals surface area (Å²) < 4.78 is 37.9. The van der Waals surface area contributed by atoms with Crippen molar-refractivity contribution in [2.75, 3.05) is 20.3 Å². The SMILES string of the molecule is COc1cc(CN)ccc1S(=O)(=O)NC1CCCOC1. The van der Waals surface area contributed by atoms with E-state index in [0.717, 1.165) is 18.4 Å². The molecule has 0 aliphatic carbocycles. The molecule has 6 nitrogen and oxygen atoms in total. The van der Waals surface area contributed by atoms with Crippen LogP contribution in [0.2, 0.25) is 0 Å². The summed E-state index contributed by atoms with van der Waals surface area (Å²) in [6.45, 7) is 1.43. The fourth-order valence-corrected chi connectivity index (χ4v) is 3.58. The van der Waals surface area contributed by atoms with Gasteiger partial charge in [-0.15, -0.1) is 0 Å². The van der Waals surface area contributed by atoms with Gasteiger partial charge < -0.3 is 15.2 Å². The van der Waals surface area contributed by atoms with Crippen LogP contribution in [0.5, 0.6) is 5.75 Å². The second-order valence-electron chi connectivity index (χ2n) is 4.72. The third-order valence-corrected chi connectivity index (χ3v) is 4.80. The summed E-state index contributed by atoms with van der Waals surface area (Å²) in [6.07, 6.45) is 1.64. The van der Waals surface area contributed by atoms with Crippen LogP contribution < -0.4 is 15.2 Å². The van der Waals surface area contributed by atoms with Crippen LogP contribution in [0.1, 0.15) is 18.4 Å². The summed E-state index contributed by atoms with van der Waals surface area (Å²) in [5.41, 5.74) is 6.37. The average Bonchev–Trinajstić information content (AvgIpc) is 2.47. The predicted molar refractivity (Wildman–Crippen MR) is 75.0 cm³/mol. The van der Waals surface area contributed by atoms with Crippen molar-refractivity contribution in [2.45, 2.75) is 30.3 Å². The van der Waals surface area contributed by atoms with Crippen LogP contribution in [0, 0.1) is 0 Å². The van der Waals surface area contributed by atoms with Crippen LogP contribution in [0.4, 0.5) is 0 Å². The molecule has 1 saturated heterocycles. The van der Waals surface area contributed by atoms with Crippen molar-refractivity contribution < 1.29 is 17.9 Å². The zero-order valence-electron chi connectivity index (χ0n) is 11.5. The van der Waals surface area contributed by atoms with Crippen molar-refractivity contribution in [3.63, 3.8) is 0 Å². The number of benzene rings is 1. The molecule has 0 amide bonds. The minimum absolute atomic E-state index is 0.128. The number of rotatable bonds is 5. The first kappa shape index (κ1) is 15.2. The van der Waals surface area contributed by atoms with E-state index in [0.29, 0.717) is 25.5 Å². The third kappa shape index (κ3) is 3.49. The monoisotopic (exact) mass is 300 g/mol. The minimum Gasteiger partial charge on any atom is -0.495 e. The Hall–Kier alpha value is -1.15. The highest BCUT2D eigenvalue weighted by molar-refractivity contribution is 7.89. The van der Waals surface area contributed by atoms with E-state index < -0.39 is 10.0 Å². The third-order valence-electron chi connectivity index (χ3n) is 3.24. The molecule has 1 unspecified atom stereocenters. The van der Waals surface area contributed by atoms with Gasteiger partial charge in [0, 0.05) is 19.2 Å². The normalized spacial score (nSPS) is 19.8. The summed E-state index contributed by atoms with van der Waals surface area (Å²) in [6, 6.07) is 4.67. The van der Waals surface area contributed by atoms with E-state index in [1.807, 2.05) is 0 Å². The van der Waals surface area contributed by atoms with Crippen molar-refractivity contribution in [2.24, 2.45) is 5.73 Å². The first-order chi connectivity index (χ1) is 9.56. The number of ether oxygens (including phenoxy) is 2. The van der Waals surface area contributed by atoms with Crippen molar-refractivity contribution in [3.8, 4) is 5.75 Å². The quantitative estimate of drug-likeness (QED) is 0.831. The molecule has 0 aromatic heterocycles. The van der Waals surface area contributed by atoms with E-state index in [1.165, 1.54) is 13.2 Å². The number of nitrogens with one attached hydrogen (secondary N) is 1. The van der Waals surface area contributed by atoms with E-state index in [9.17, 15) is 8.42 Å². The number of hydrogen-bond acceptors (Lipinski definition) is 5. The van der Waals surface area contributed by atoms with Crippen molar-refractivity contribution >= 4 is 10.0 Å². The van der Waals surface area contributed by atoms with Crippen LogP contribution in [-0.4, -0.2) is 34.8 Å². The Morgan fingerprint density at radius 3 is 2.90 bits per heavy atom. The van der Waals surface area contributed by atoms with Gasteiger partial charge in [0.05, 0.1) is 13.7 Å². The first-order valence-electron chi connectivity index (χ1n) is 6.54. The molecular formula is C13H20N2O4S. The summed E-state index contributed by atoms with van der Waals surface area (Å²) in [7, 11) is -2.18. The highest BCUT2D eigenvalue weighted by atomic mass is 32.2. The zero-order chi connectivity index (χ0) is 14.6. The molecule has 1 aromatic rings. The second-order valence-corrected chi connectivity index (χ2v) is 6.41. The molecule has 1 aliphatic rings. The molecule has 1 fully saturated rings. The molecule has 3 N–H and O–H groups in total. The van der Waals surface area contributed by atoms with Crippen LogP contribution in [0.15, 0.2) is 23.1 Å². The van der Waals surface area contributed by atoms with E-state index in [-0.39, 0.29) is 10.9 Å². The lowest BCUT2D eigenvalue weighted by Gasteiger charge is -2.23. The number of sulfonamides is 1. The lowest BCUT2D eigenvalue weighted by Crippen LogP contribution is -2.40. The smallest absolute Gasteiger partial charge is 0.244 e. The molecule has 7 heteroatoms. The molecular weight excluding hydrogens is 280 g/mol. The molecule has 1 aliphatic heterocycles. The number of nitrogens with two attached hydrogens (primary N) is 1. The van der Waals surface area contributed by atoms with Gasteiger partial charge in [-0.3, -0.25) is 0 Å². The first-order valence-corrected chi connectivity index (χ1v) is 8.02. The molecule has 0 saturated carbocycles. The van der Waals surface area contributed by atoms with Gasteiger partial charge in [0.2, 0.25) is 10.0 Å². The Balaban J connectivity index is 2.24. The van der Waals surface area contributed by atoms with Gasteiger partial charge >= 0.3 is 0 Å². The van der Waals surface area contributed by atoms with Crippen LogP contribution in [0.25, 0.3) is 0 Å². The van der Waals surface area contributed by atoms with Gasteiger partial charge in [0.1, 0.15) is 10.6 Å². The molecule has 0 spiro atoms. The maximum atomic E-state index is 12.4. The highest BCUT2D eigenvalue weighted by Crippen LogP contribution is 2.25. The van der Waals surface area contributed by atoms with Crippen molar-refractivity contribution in [3.05, 3.63) is 23.8 Å². The van der Waals surface area contributed by atoms with Gasteiger partial charge in [0.25, 0.3) is 0 Å². The van der Waals surface area contributed by atoms with Crippen LogP contribution in [0.3, 0.4) is 0 Å². The zero-order valence-corrected chi connectivity index (χ0v) is 12.3. The molecule has 112 valence electrons. The Bertz CT molecular complexity index is 553. The van der Waals surface area contributed by atoms with E-state index in [2.05, 4.69) is 4.72 Å². The van der Waals surface area contributed by atoms with Crippen molar-refractivity contribution in [1.29, 1.82) is 0 Å². The summed E-state index contributed by atoms with van der Waals surface area (Å²) in [5, 5.41) is 0. The molecule has 2 rings (SSSR count). The summed E-state index contributed by atoms with van der Waals surface area (Å²) in [4.78, 5) is 0.128. The second kappa shape index (κ2) is 6.53. The lowest BCUT2D eigenvalue weighted by molar-refractivity contribution is 0.0774. The molecule has 20 heavy (non-hydrogen) atoms. The fourth-order valence-electron chi connectivity index (χ4n) is 2.18. The van der Waals surface area contributed by atoms with Gasteiger partial charge in [-0.05, 0) is 30.5 Å². The minimum atomic E-state index is -3.62. The van der Waals surface area contributed by atoms with Gasteiger partial charge in [-0.1, -0.05) is 6.07 Å². The number of hydrogen-bond donors (Lipinski definition) is 2. The predicted octanol–water partition coefficient (Wildman–Crippen LogP) is 0.611. The lowest BCUT2D eigenvalue weighted by atomic mass is 10.1. The van der Waals surface area contributed by atoms with Gasteiger partial charge in [-0.2, -0.15) is 0 Å². The molecule has 1 aromatic carbocycles. The maximum Gasteiger partial charge on any atom is 0.244 e. The summed E-state index contributed by atoms with van der Waals surface area (Å²) >= 11 is 0. The molecule has 1 heterocycles. The van der Waals surface area contributed by atoms with Gasteiger partial charge in [-0.25, -0.2) is 13.1 Å². The van der Waals surface area contributed by atoms with E-state index in [4.69, 9.17) is 15.2 Å². The Labute approximate surface area is 119 Å². The Morgan fingerprint density at radius 1 is 1.50 bits per heavy atom. The molecule has 1 atom stereocenters. The van der Waals surface area contributed by atoms with Crippen molar-refractivity contribution in [1.82, 2.24) is 4.72 Å². The van der Waals surface area contributed by atoms with Crippen LogP contribution in [-0.2, 0) is 21.3 Å². The molecule has 0 radical (unpaired) electrons. The van der Waals surface area contributed by atoms with Gasteiger partial charge in [0.15, 0.2) is 0 Å². The Kier molecular flexibility index (Phi) is 4.98. The van der Waals surface area contributed by atoms with Crippen LogP contribution >= 0.6 is 0 Å². The largest absolute Gasteiger partial charge is 0.495 e. The Morgan fingerprint density at radius 2 is 2.30 bits per heavy atom.